The number of aliphatic hydroxyl groups is 2. The second-order valence-electron chi connectivity index (χ2n) is 13.9. The molecule has 0 aromatic carbocycles. The molecular weight excluding hydrogens is 400 g/mol. The van der Waals surface area contributed by atoms with Gasteiger partial charge in [-0.05, 0) is 104 Å². The van der Waals surface area contributed by atoms with Gasteiger partial charge >= 0.3 is 5.97 Å². The zero-order valence-corrected chi connectivity index (χ0v) is 20.7. The van der Waals surface area contributed by atoms with Crippen molar-refractivity contribution in [2.75, 3.05) is 0 Å². The van der Waals surface area contributed by atoms with Crippen molar-refractivity contribution in [1.82, 2.24) is 0 Å². The van der Waals surface area contributed by atoms with Crippen molar-refractivity contribution in [1.29, 1.82) is 0 Å². The zero-order valence-electron chi connectivity index (χ0n) is 20.7. The van der Waals surface area contributed by atoms with E-state index in [0.717, 1.165) is 57.8 Å². The molecule has 0 bridgehead atoms. The summed E-state index contributed by atoms with van der Waals surface area (Å²) in [4.78, 5) is 12.6. The molecule has 5 rings (SSSR count). The number of carboxylic acid groups (broad SMARTS) is 1. The van der Waals surface area contributed by atoms with Crippen LogP contribution in [0, 0.1) is 51.2 Å². The SMILES string of the molecule is CC1(C)CC[C@]2(C(=O)O)CC[C@]3(C)C(=CC[C@H]4[C@H]5CC[C@H](O)C(C)(C)[C@@H]5C[C@H](O)[C@H]43)[C@@H]2C1. The Bertz CT molecular complexity index is 827. The van der Waals surface area contributed by atoms with Crippen LogP contribution in [0.1, 0.15) is 92.4 Å². The van der Waals surface area contributed by atoms with E-state index >= 15 is 0 Å². The smallest absolute Gasteiger partial charge is 0.310 e. The summed E-state index contributed by atoms with van der Waals surface area (Å²) in [7, 11) is 0. The summed E-state index contributed by atoms with van der Waals surface area (Å²) in [6.07, 6.45) is 9.77. The number of carbonyl (C=O) groups is 1. The minimum absolute atomic E-state index is 0.0954. The Kier molecular flexibility index (Phi) is 5.06. The predicted octanol–water partition coefficient (Wildman–Crippen LogP) is 5.42. The highest BCUT2D eigenvalue weighted by atomic mass is 16.4. The lowest BCUT2D eigenvalue weighted by Crippen LogP contribution is -2.61. The molecule has 0 radical (unpaired) electrons. The van der Waals surface area contributed by atoms with E-state index in [-0.39, 0.29) is 40.3 Å². The molecule has 180 valence electrons. The molecule has 0 unspecified atom stereocenters. The highest BCUT2D eigenvalue weighted by Gasteiger charge is 2.64. The van der Waals surface area contributed by atoms with Gasteiger partial charge in [-0.3, -0.25) is 4.79 Å². The van der Waals surface area contributed by atoms with Gasteiger partial charge in [0.2, 0.25) is 0 Å². The maximum Gasteiger partial charge on any atom is 0.310 e. The van der Waals surface area contributed by atoms with Crippen LogP contribution in [0.3, 0.4) is 0 Å². The molecule has 0 aromatic rings. The molecule has 0 saturated heterocycles. The molecule has 3 N–H and O–H groups in total. The third-order valence-corrected chi connectivity index (χ3v) is 11.6. The molecule has 32 heavy (non-hydrogen) atoms. The molecule has 4 saturated carbocycles. The Labute approximate surface area is 193 Å². The van der Waals surface area contributed by atoms with Gasteiger partial charge in [0, 0.05) is 0 Å². The Hall–Kier alpha value is -0.870. The van der Waals surface area contributed by atoms with E-state index in [9.17, 15) is 20.1 Å². The largest absolute Gasteiger partial charge is 0.481 e. The van der Waals surface area contributed by atoms with Crippen molar-refractivity contribution in [3.63, 3.8) is 0 Å². The molecule has 0 aromatic heterocycles. The van der Waals surface area contributed by atoms with Gasteiger partial charge in [-0.25, -0.2) is 0 Å². The first-order chi connectivity index (χ1) is 14.8. The zero-order chi connectivity index (χ0) is 23.3. The van der Waals surface area contributed by atoms with Crippen molar-refractivity contribution >= 4 is 5.97 Å². The molecule has 0 amide bonds. The van der Waals surface area contributed by atoms with Gasteiger partial charge in [0.1, 0.15) is 0 Å². The molecule has 9 atom stereocenters. The number of hydrogen-bond donors (Lipinski definition) is 3. The van der Waals surface area contributed by atoms with Gasteiger partial charge < -0.3 is 15.3 Å². The van der Waals surface area contributed by atoms with Crippen LogP contribution in [0.2, 0.25) is 0 Å². The number of aliphatic carboxylic acids is 1. The number of hydrogen-bond acceptors (Lipinski definition) is 3. The number of allylic oxidation sites excluding steroid dienone is 2. The third-order valence-electron chi connectivity index (χ3n) is 11.6. The van der Waals surface area contributed by atoms with Crippen molar-refractivity contribution < 1.29 is 20.1 Å². The van der Waals surface area contributed by atoms with E-state index in [1.54, 1.807) is 0 Å². The van der Waals surface area contributed by atoms with E-state index in [2.05, 4.69) is 40.7 Å². The highest BCUT2D eigenvalue weighted by molar-refractivity contribution is 5.76. The molecule has 4 heteroatoms. The number of aliphatic hydroxyl groups excluding tert-OH is 2. The first-order valence-electron chi connectivity index (χ1n) is 13.1. The van der Waals surface area contributed by atoms with Gasteiger partial charge in [0.15, 0.2) is 0 Å². The summed E-state index contributed by atoms with van der Waals surface area (Å²) >= 11 is 0. The number of rotatable bonds is 1. The van der Waals surface area contributed by atoms with Crippen LogP contribution >= 0.6 is 0 Å². The van der Waals surface area contributed by atoms with E-state index in [0.29, 0.717) is 17.8 Å². The Morgan fingerprint density at radius 2 is 1.66 bits per heavy atom. The second kappa shape index (κ2) is 7.07. The van der Waals surface area contributed by atoms with Crippen LogP contribution in [0.15, 0.2) is 11.6 Å². The van der Waals surface area contributed by atoms with Gasteiger partial charge in [-0.2, -0.15) is 0 Å². The highest BCUT2D eigenvalue weighted by Crippen LogP contribution is 2.69. The van der Waals surface area contributed by atoms with Crippen molar-refractivity contribution in [3.05, 3.63) is 11.6 Å². The summed E-state index contributed by atoms with van der Waals surface area (Å²) in [5.41, 5.74) is 0.655. The van der Waals surface area contributed by atoms with Crippen LogP contribution in [0.4, 0.5) is 0 Å². The van der Waals surface area contributed by atoms with Crippen molar-refractivity contribution in [2.24, 2.45) is 51.2 Å². The van der Waals surface area contributed by atoms with Crippen LogP contribution in [0.5, 0.6) is 0 Å². The van der Waals surface area contributed by atoms with Crippen LogP contribution in [-0.2, 0) is 4.79 Å². The third kappa shape index (κ3) is 2.97. The van der Waals surface area contributed by atoms with Crippen molar-refractivity contribution in [2.45, 2.75) is 105 Å². The Morgan fingerprint density at radius 1 is 0.969 bits per heavy atom. The summed E-state index contributed by atoms with van der Waals surface area (Å²) in [5, 5.41) is 32.7. The fourth-order valence-corrected chi connectivity index (χ4v) is 9.57. The normalized spacial score (nSPS) is 51.3. The van der Waals surface area contributed by atoms with E-state index < -0.39 is 11.4 Å². The number of carboxylic acids is 1. The van der Waals surface area contributed by atoms with E-state index in [4.69, 9.17) is 0 Å². The average Bonchev–Trinajstić information content (AvgIpc) is 2.70. The fraction of sp³-hybridized carbons (Fsp3) is 0.893. The van der Waals surface area contributed by atoms with Gasteiger partial charge in [-0.15, -0.1) is 0 Å². The minimum Gasteiger partial charge on any atom is -0.481 e. The van der Waals surface area contributed by atoms with Gasteiger partial charge in [0.05, 0.1) is 17.6 Å². The van der Waals surface area contributed by atoms with Crippen LogP contribution < -0.4 is 0 Å². The second-order valence-corrected chi connectivity index (χ2v) is 13.9. The molecule has 5 aliphatic rings. The lowest BCUT2D eigenvalue weighted by Gasteiger charge is -2.64. The van der Waals surface area contributed by atoms with E-state index in [1.807, 2.05) is 0 Å². The Morgan fingerprint density at radius 3 is 2.34 bits per heavy atom. The predicted molar refractivity (Wildman–Crippen MR) is 125 cm³/mol. The average molecular weight is 445 g/mol. The lowest BCUT2D eigenvalue weighted by molar-refractivity contribution is -0.175. The Balaban J connectivity index is 1.55. The fourth-order valence-electron chi connectivity index (χ4n) is 9.57. The summed E-state index contributed by atoms with van der Waals surface area (Å²) in [6.45, 7) is 11.3. The lowest BCUT2D eigenvalue weighted by atomic mass is 9.40. The van der Waals surface area contributed by atoms with Crippen molar-refractivity contribution in [3.8, 4) is 0 Å². The first kappa shape index (κ1) is 22.9. The monoisotopic (exact) mass is 444 g/mol. The molecule has 0 heterocycles. The minimum atomic E-state index is -0.618. The molecule has 4 fully saturated rings. The maximum absolute atomic E-state index is 12.6. The molecule has 5 aliphatic carbocycles. The maximum atomic E-state index is 12.6. The standard InChI is InChI=1S/C28H44O4/c1-25(2)10-12-28(24(31)32)13-11-27(5)18(20(28)15-25)8-6-17-16-7-9-22(30)26(3,4)19(16)14-21(29)23(17)27/h8,16-17,19-23,29-30H,6-7,9-15H2,1-5H3,(H,31,32)/t16-,17+,19-,20+,21+,22+,23+,27-,28+/m1/s1. The van der Waals surface area contributed by atoms with Crippen LogP contribution in [0.25, 0.3) is 0 Å². The van der Waals surface area contributed by atoms with Gasteiger partial charge in [0.25, 0.3) is 0 Å². The summed E-state index contributed by atoms with van der Waals surface area (Å²) in [6, 6.07) is 0. The topological polar surface area (TPSA) is 77.8 Å². The molecular formula is C28H44O4. The van der Waals surface area contributed by atoms with E-state index in [1.165, 1.54) is 5.57 Å². The summed E-state index contributed by atoms with van der Waals surface area (Å²) < 4.78 is 0. The summed E-state index contributed by atoms with van der Waals surface area (Å²) in [5.74, 6) is 1.06. The molecule has 0 spiro atoms. The number of fused-ring (bicyclic) bond motifs is 7. The van der Waals surface area contributed by atoms with Gasteiger partial charge in [-0.1, -0.05) is 46.3 Å². The molecule has 4 nitrogen and oxygen atoms in total. The quantitative estimate of drug-likeness (QED) is 0.472. The van der Waals surface area contributed by atoms with Crippen LogP contribution in [-0.4, -0.2) is 33.5 Å². The molecule has 0 aliphatic heterocycles. The first-order valence-corrected chi connectivity index (χ1v) is 13.1.